The number of carboxylic acid groups (broad SMARTS) is 1. The van der Waals surface area contributed by atoms with Crippen LogP contribution < -0.4 is 11.1 Å². The normalized spacial score (nSPS) is 19.1. The summed E-state index contributed by atoms with van der Waals surface area (Å²) in [4.78, 5) is 21.8. The highest BCUT2D eigenvalue weighted by molar-refractivity contribution is 5.78. The largest absolute Gasteiger partial charge is 0.481 e. The van der Waals surface area contributed by atoms with Crippen molar-refractivity contribution in [3.8, 4) is 0 Å². The third kappa shape index (κ3) is 4.61. The first-order valence-corrected chi connectivity index (χ1v) is 5.79. The molecule has 16 heavy (non-hydrogen) atoms. The summed E-state index contributed by atoms with van der Waals surface area (Å²) in [7, 11) is 0. The Balaban J connectivity index is 2.24. The molecule has 5 nitrogen and oxygen atoms in total. The first-order valence-electron chi connectivity index (χ1n) is 5.79. The van der Waals surface area contributed by atoms with E-state index in [4.69, 9.17) is 10.8 Å². The second-order valence-corrected chi connectivity index (χ2v) is 4.59. The van der Waals surface area contributed by atoms with Gasteiger partial charge < -0.3 is 16.2 Å². The first kappa shape index (κ1) is 13.0. The van der Waals surface area contributed by atoms with E-state index in [1.54, 1.807) is 0 Å². The lowest BCUT2D eigenvalue weighted by Gasteiger charge is -2.32. The summed E-state index contributed by atoms with van der Waals surface area (Å²) in [5.74, 6) is -1.04. The Hall–Kier alpha value is -1.10. The molecule has 0 heterocycles. The Kier molecular flexibility index (Phi) is 4.73. The maximum absolute atomic E-state index is 11.5. The zero-order valence-corrected chi connectivity index (χ0v) is 9.50. The van der Waals surface area contributed by atoms with Crippen molar-refractivity contribution in [3.63, 3.8) is 0 Å². The molecule has 0 radical (unpaired) electrons. The van der Waals surface area contributed by atoms with Crippen molar-refractivity contribution >= 4 is 11.9 Å². The number of rotatable bonds is 5. The Bertz CT molecular complexity index is 260. The number of carbonyl (C=O) groups excluding carboxylic acids is 1. The second-order valence-electron chi connectivity index (χ2n) is 4.59. The molecule has 5 heteroatoms. The molecule has 92 valence electrons. The molecule has 1 rings (SSSR count). The van der Waals surface area contributed by atoms with Crippen molar-refractivity contribution in [1.82, 2.24) is 5.32 Å². The topological polar surface area (TPSA) is 92.4 Å². The predicted octanol–water partition coefficient (Wildman–Crippen LogP) is 0.629. The van der Waals surface area contributed by atoms with Crippen molar-refractivity contribution in [1.29, 1.82) is 0 Å². The quantitative estimate of drug-likeness (QED) is 0.643. The average Bonchev–Trinajstić information content (AvgIpc) is 2.17. The van der Waals surface area contributed by atoms with Crippen LogP contribution in [0.4, 0.5) is 0 Å². The van der Waals surface area contributed by atoms with Crippen molar-refractivity contribution in [2.75, 3.05) is 6.54 Å². The number of hydrogen-bond acceptors (Lipinski definition) is 3. The van der Waals surface area contributed by atoms with Gasteiger partial charge in [-0.2, -0.15) is 0 Å². The van der Waals surface area contributed by atoms with E-state index in [2.05, 4.69) is 5.32 Å². The van der Waals surface area contributed by atoms with E-state index in [1.807, 2.05) is 0 Å². The minimum Gasteiger partial charge on any atom is -0.481 e. The summed E-state index contributed by atoms with van der Waals surface area (Å²) in [6.45, 7) is 0.185. The van der Waals surface area contributed by atoms with Crippen LogP contribution in [0.5, 0.6) is 0 Å². The monoisotopic (exact) mass is 228 g/mol. The summed E-state index contributed by atoms with van der Waals surface area (Å²) < 4.78 is 0. The molecule has 1 fully saturated rings. The van der Waals surface area contributed by atoms with E-state index in [1.165, 1.54) is 6.42 Å². The fourth-order valence-corrected chi connectivity index (χ4v) is 2.12. The third-order valence-corrected chi connectivity index (χ3v) is 3.02. The number of carbonyl (C=O) groups is 2. The van der Waals surface area contributed by atoms with Crippen molar-refractivity contribution in [3.05, 3.63) is 0 Å². The van der Waals surface area contributed by atoms with Gasteiger partial charge in [-0.1, -0.05) is 19.3 Å². The van der Waals surface area contributed by atoms with Gasteiger partial charge in [-0.05, 0) is 12.8 Å². The van der Waals surface area contributed by atoms with Gasteiger partial charge in [0.15, 0.2) is 0 Å². The lowest BCUT2D eigenvalue weighted by Crippen LogP contribution is -2.46. The Morgan fingerprint density at radius 3 is 2.44 bits per heavy atom. The molecule has 0 bridgehead atoms. The minimum atomic E-state index is -0.902. The van der Waals surface area contributed by atoms with Crippen LogP contribution in [0.2, 0.25) is 0 Å². The Labute approximate surface area is 95.4 Å². The molecular formula is C11H20N2O3. The molecule has 0 aromatic heterocycles. The summed E-state index contributed by atoms with van der Waals surface area (Å²) in [5.41, 5.74) is 5.74. The number of nitrogens with one attached hydrogen (secondary N) is 1. The fourth-order valence-electron chi connectivity index (χ4n) is 2.12. The fraction of sp³-hybridized carbons (Fsp3) is 0.818. The lowest BCUT2D eigenvalue weighted by molar-refractivity contribution is -0.136. The van der Waals surface area contributed by atoms with Crippen LogP contribution in [0, 0.1) is 0 Å². The molecule has 0 aliphatic heterocycles. The Morgan fingerprint density at radius 1 is 1.25 bits per heavy atom. The van der Waals surface area contributed by atoms with Gasteiger partial charge in [-0.25, -0.2) is 0 Å². The highest BCUT2D eigenvalue weighted by Gasteiger charge is 2.29. The van der Waals surface area contributed by atoms with E-state index >= 15 is 0 Å². The van der Waals surface area contributed by atoms with Gasteiger partial charge in [0.25, 0.3) is 0 Å². The van der Waals surface area contributed by atoms with Crippen LogP contribution in [-0.2, 0) is 9.59 Å². The van der Waals surface area contributed by atoms with Crippen molar-refractivity contribution < 1.29 is 14.7 Å². The van der Waals surface area contributed by atoms with Crippen LogP contribution in [0.1, 0.15) is 44.9 Å². The van der Waals surface area contributed by atoms with Gasteiger partial charge in [-0.3, -0.25) is 9.59 Å². The van der Waals surface area contributed by atoms with E-state index in [-0.39, 0.29) is 24.4 Å². The molecule has 4 N–H and O–H groups in total. The molecule has 1 amide bonds. The molecule has 1 saturated carbocycles. The molecule has 0 atom stereocenters. The molecule has 0 aromatic rings. The average molecular weight is 228 g/mol. The van der Waals surface area contributed by atoms with Crippen LogP contribution in [0.25, 0.3) is 0 Å². The lowest BCUT2D eigenvalue weighted by atomic mass is 9.80. The minimum absolute atomic E-state index is 0.0384. The molecule has 1 aliphatic carbocycles. The van der Waals surface area contributed by atoms with Gasteiger partial charge in [0.2, 0.25) is 5.91 Å². The molecule has 0 saturated heterocycles. The smallest absolute Gasteiger partial charge is 0.305 e. The molecule has 0 spiro atoms. The van der Waals surface area contributed by atoms with Crippen LogP contribution in [-0.4, -0.2) is 29.1 Å². The van der Waals surface area contributed by atoms with Crippen LogP contribution in [0.15, 0.2) is 0 Å². The first-order chi connectivity index (χ1) is 7.52. The SMILES string of the molecule is NC1(CC(=O)NCCC(=O)O)CCCCC1. The number of hydrogen-bond donors (Lipinski definition) is 3. The predicted molar refractivity (Wildman–Crippen MR) is 59.9 cm³/mol. The van der Waals surface area contributed by atoms with Gasteiger partial charge in [0, 0.05) is 18.5 Å². The highest BCUT2D eigenvalue weighted by Crippen LogP contribution is 2.28. The number of carboxylic acids is 1. The van der Waals surface area contributed by atoms with E-state index in [0.717, 1.165) is 25.7 Å². The van der Waals surface area contributed by atoms with Gasteiger partial charge in [0.05, 0.1) is 6.42 Å². The summed E-state index contributed by atoms with van der Waals surface area (Å²) in [6, 6.07) is 0. The van der Waals surface area contributed by atoms with Crippen molar-refractivity contribution in [2.24, 2.45) is 5.73 Å². The van der Waals surface area contributed by atoms with Crippen LogP contribution in [0.3, 0.4) is 0 Å². The summed E-state index contributed by atoms with van der Waals surface area (Å²) in [5, 5.41) is 11.0. The zero-order chi connectivity index (χ0) is 12.0. The molecule has 0 unspecified atom stereocenters. The molecular weight excluding hydrogens is 208 g/mol. The Morgan fingerprint density at radius 2 is 1.88 bits per heavy atom. The maximum atomic E-state index is 11.5. The number of amides is 1. The van der Waals surface area contributed by atoms with E-state index in [0.29, 0.717) is 6.42 Å². The van der Waals surface area contributed by atoms with Gasteiger partial charge in [0.1, 0.15) is 0 Å². The summed E-state index contributed by atoms with van der Waals surface area (Å²) in [6.07, 6.45) is 5.41. The third-order valence-electron chi connectivity index (χ3n) is 3.02. The second kappa shape index (κ2) is 5.84. The molecule has 1 aliphatic rings. The van der Waals surface area contributed by atoms with Gasteiger partial charge in [-0.15, -0.1) is 0 Å². The maximum Gasteiger partial charge on any atom is 0.305 e. The molecule has 0 aromatic carbocycles. The zero-order valence-electron chi connectivity index (χ0n) is 9.50. The van der Waals surface area contributed by atoms with Crippen LogP contribution >= 0.6 is 0 Å². The number of nitrogens with two attached hydrogens (primary N) is 1. The van der Waals surface area contributed by atoms with Gasteiger partial charge >= 0.3 is 5.97 Å². The van der Waals surface area contributed by atoms with Crippen molar-refractivity contribution in [2.45, 2.75) is 50.5 Å². The summed E-state index contributed by atoms with van der Waals surface area (Å²) >= 11 is 0. The van der Waals surface area contributed by atoms with E-state index < -0.39 is 5.97 Å². The number of aliphatic carboxylic acids is 1. The standard InChI is InChI=1S/C11H20N2O3/c12-11(5-2-1-3-6-11)8-9(14)13-7-4-10(15)16/h1-8,12H2,(H,13,14)(H,15,16). The highest BCUT2D eigenvalue weighted by atomic mass is 16.4. The van der Waals surface area contributed by atoms with E-state index in [9.17, 15) is 9.59 Å².